The number of anilines is 1. The molecule has 0 aliphatic rings. The molecule has 2 rings (SSSR count). The number of rotatable bonds is 5. The maximum absolute atomic E-state index is 5.94. The summed E-state index contributed by atoms with van der Waals surface area (Å²) in [6.45, 7) is 5.59. The summed E-state index contributed by atoms with van der Waals surface area (Å²) in [6.07, 6.45) is 2.72. The third kappa shape index (κ3) is 2.95. The Labute approximate surface area is 109 Å². The first kappa shape index (κ1) is 12.3. The molecule has 1 N–H and O–H groups in total. The molecule has 2 heterocycles. The molecule has 0 atom stereocenters. The maximum atomic E-state index is 5.94. The van der Waals surface area contributed by atoms with Crippen LogP contribution in [0.15, 0.2) is 6.20 Å². The summed E-state index contributed by atoms with van der Waals surface area (Å²) in [4.78, 5) is 0. The number of aromatic nitrogens is 4. The monoisotopic (exact) mass is 271 g/mol. The van der Waals surface area contributed by atoms with Crippen molar-refractivity contribution >= 4 is 28.1 Å². The number of nitrogens with zero attached hydrogens (tertiary/aromatic N) is 4. The van der Waals surface area contributed by atoms with Gasteiger partial charge in [-0.15, -0.1) is 10.2 Å². The molecule has 2 aromatic rings. The van der Waals surface area contributed by atoms with Gasteiger partial charge in [-0.05, 0) is 13.3 Å². The van der Waals surface area contributed by atoms with Gasteiger partial charge in [0, 0.05) is 6.54 Å². The molecule has 17 heavy (non-hydrogen) atoms. The Morgan fingerprint density at radius 3 is 2.94 bits per heavy atom. The van der Waals surface area contributed by atoms with Gasteiger partial charge < -0.3 is 5.32 Å². The molecule has 0 saturated carbocycles. The lowest BCUT2D eigenvalue weighted by molar-refractivity contribution is 0.657. The Kier molecular flexibility index (Phi) is 3.96. The van der Waals surface area contributed by atoms with Crippen molar-refractivity contribution in [2.75, 3.05) is 11.9 Å². The van der Waals surface area contributed by atoms with Crippen LogP contribution in [-0.4, -0.2) is 26.5 Å². The van der Waals surface area contributed by atoms with Gasteiger partial charge in [-0.2, -0.15) is 5.10 Å². The summed E-state index contributed by atoms with van der Waals surface area (Å²) in [5.41, 5.74) is 0.949. The highest BCUT2D eigenvalue weighted by Crippen LogP contribution is 2.19. The van der Waals surface area contributed by atoms with Gasteiger partial charge in [0.1, 0.15) is 5.01 Å². The fourth-order valence-corrected chi connectivity index (χ4v) is 2.22. The minimum atomic E-state index is 0.615. The Balaban J connectivity index is 2.04. The molecule has 2 aromatic heterocycles. The topological polar surface area (TPSA) is 55.6 Å². The molecule has 0 aromatic carbocycles. The maximum Gasteiger partial charge on any atom is 0.205 e. The minimum absolute atomic E-state index is 0.615. The van der Waals surface area contributed by atoms with E-state index in [4.69, 9.17) is 11.6 Å². The lowest BCUT2D eigenvalue weighted by Gasteiger charge is -2.00. The molecule has 0 fully saturated rings. The zero-order valence-electron chi connectivity index (χ0n) is 9.77. The third-order valence-corrected chi connectivity index (χ3v) is 3.56. The molecular formula is C10H14ClN5S. The summed E-state index contributed by atoms with van der Waals surface area (Å²) in [5.74, 6) is 0. The first-order valence-corrected chi connectivity index (χ1v) is 6.64. The molecular weight excluding hydrogens is 258 g/mol. The second-order valence-electron chi connectivity index (χ2n) is 3.66. The molecule has 0 spiro atoms. The Hall–Kier alpha value is -1.14. The Bertz CT molecular complexity index is 493. The summed E-state index contributed by atoms with van der Waals surface area (Å²) in [5, 5.41) is 18.0. The number of halogens is 1. The van der Waals surface area contributed by atoms with Crippen LogP contribution in [-0.2, 0) is 6.54 Å². The van der Waals surface area contributed by atoms with Crippen molar-refractivity contribution in [3.63, 3.8) is 0 Å². The lowest BCUT2D eigenvalue weighted by atomic mass is 10.5. The highest BCUT2D eigenvalue weighted by atomic mass is 35.5. The van der Waals surface area contributed by atoms with E-state index in [1.165, 1.54) is 0 Å². The van der Waals surface area contributed by atoms with Crippen LogP contribution in [0.2, 0.25) is 5.02 Å². The predicted molar refractivity (Wildman–Crippen MR) is 69.8 cm³/mol. The number of hydrogen-bond acceptors (Lipinski definition) is 5. The average molecular weight is 272 g/mol. The van der Waals surface area contributed by atoms with Gasteiger partial charge in [0.15, 0.2) is 0 Å². The van der Waals surface area contributed by atoms with Crippen molar-refractivity contribution in [1.29, 1.82) is 0 Å². The van der Waals surface area contributed by atoms with E-state index < -0.39 is 0 Å². The normalized spacial score (nSPS) is 10.8. The first-order valence-electron chi connectivity index (χ1n) is 5.45. The molecule has 0 saturated heterocycles. The van der Waals surface area contributed by atoms with E-state index in [0.29, 0.717) is 11.6 Å². The highest BCUT2D eigenvalue weighted by Gasteiger charge is 2.08. The Morgan fingerprint density at radius 1 is 1.47 bits per heavy atom. The van der Waals surface area contributed by atoms with Crippen LogP contribution >= 0.6 is 22.9 Å². The molecule has 92 valence electrons. The molecule has 0 bridgehead atoms. The van der Waals surface area contributed by atoms with Gasteiger partial charge >= 0.3 is 0 Å². The molecule has 0 unspecified atom stereocenters. The van der Waals surface area contributed by atoms with Crippen molar-refractivity contribution in [3.05, 3.63) is 21.9 Å². The lowest BCUT2D eigenvalue weighted by Crippen LogP contribution is -2.03. The van der Waals surface area contributed by atoms with Crippen molar-refractivity contribution in [2.45, 2.75) is 26.8 Å². The van der Waals surface area contributed by atoms with Crippen LogP contribution in [0.1, 0.15) is 24.0 Å². The van der Waals surface area contributed by atoms with E-state index in [1.54, 1.807) is 17.5 Å². The number of hydrogen-bond donors (Lipinski definition) is 1. The smallest absolute Gasteiger partial charge is 0.205 e. The summed E-state index contributed by atoms with van der Waals surface area (Å²) in [6, 6.07) is 0. The second kappa shape index (κ2) is 5.46. The van der Waals surface area contributed by atoms with E-state index >= 15 is 0 Å². The third-order valence-electron chi connectivity index (χ3n) is 2.32. The summed E-state index contributed by atoms with van der Waals surface area (Å²) >= 11 is 7.49. The van der Waals surface area contributed by atoms with Crippen molar-refractivity contribution in [2.24, 2.45) is 0 Å². The Morgan fingerprint density at radius 2 is 2.29 bits per heavy atom. The van der Waals surface area contributed by atoms with Gasteiger partial charge in [-0.1, -0.05) is 29.9 Å². The van der Waals surface area contributed by atoms with E-state index in [0.717, 1.165) is 28.8 Å². The van der Waals surface area contributed by atoms with Gasteiger partial charge in [-0.25, -0.2) is 0 Å². The quantitative estimate of drug-likeness (QED) is 0.908. The van der Waals surface area contributed by atoms with Crippen LogP contribution in [0.3, 0.4) is 0 Å². The SMILES string of the molecule is CCCNc1nnc(Cn2ncc(Cl)c2C)s1. The van der Waals surface area contributed by atoms with Crippen LogP contribution in [0.4, 0.5) is 5.13 Å². The van der Waals surface area contributed by atoms with E-state index in [9.17, 15) is 0 Å². The van der Waals surface area contributed by atoms with E-state index in [1.807, 2.05) is 11.6 Å². The van der Waals surface area contributed by atoms with E-state index in [-0.39, 0.29) is 0 Å². The minimum Gasteiger partial charge on any atom is -0.360 e. The largest absolute Gasteiger partial charge is 0.360 e. The van der Waals surface area contributed by atoms with Crippen molar-refractivity contribution in [3.8, 4) is 0 Å². The zero-order chi connectivity index (χ0) is 12.3. The second-order valence-corrected chi connectivity index (χ2v) is 5.13. The highest BCUT2D eigenvalue weighted by molar-refractivity contribution is 7.15. The molecule has 5 nitrogen and oxygen atoms in total. The zero-order valence-corrected chi connectivity index (χ0v) is 11.3. The van der Waals surface area contributed by atoms with Gasteiger partial charge in [-0.3, -0.25) is 4.68 Å². The fourth-order valence-electron chi connectivity index (χ4n) is 1.33. The molecule has 7 heteroatoms. The summed E-state index contributed by atoms with van der Waals surface area (Å²) in [7, 11) is 0. The van der Waals surface area contributed by atoms with Gasteiger partial charge in [0.2, 0.25) is 5.13 Å². The average Bonchev–Trinajstić information content (AvgIpc) is 2.89. The first-order chi connectivity index (χ1) is 8.20. The van der Waals surface area contributed by atoms with Crippen molar-refractivity contribution in [1.82, 2.24) is 20.0 Å². The fraction of sp³-hybridized carbons (Fsp3) is 0.500. The standard InChI is InChI=1S/C10H14ClN5S/c1-3-4-12-10-15-14-9(17-10)6-16-7(2)8(11)5-13-16/h5H,3-4,6H2,1-2H3,(H,12,15). The van der Waals surface area contributed by atoms with Gasteiger partial charge in [0.05, 0.1) is 23.5 Å². The van der Waals surface area contributed by atoms with Crippen LogP contribution in [0, 0.1) is 6.92 Å². The van der Waals surface area contributed by atoms with E-state index in [2.05, 4.69) is 27.5 Å². The molecule has 0 aliphatic heterocycles. The number of nitrogens with one attached hydrogen (secondary N) is 1. The van der Waals surface area contributed by atoms with Crippen LogP contribution in [0.25, 0.3) is 0 Å². The van der Waals surface area contributed by atoms with Crippen LogP contribution in [0.5, 0.6) is 0 Å². The van der Waals surface area contributed by atoms with Gasteiger partial charge in [0.25, 0.3) is 0 Å². The molecule has 0 aliphatic carbocycles. The van der Waals surface area contributed by atoms with Crippen LogP contribution < -0.4 is 5.32 Å². The molecule has 0 amide bonds. The molecule has 0 radical (unpaired) electrons. The summed E-state index contributed by atoms with van der Waals surface area (Å²) < 4.78 is 1.83. The van der Waals surface area contributed by atoms with Crippen molar-refractivity contribution < 1.29 is 0 Å². The predicted octanol–water partition coefficient (Wildman–Crippen LogP) is 2.57.